The Balaban J connectivity index is 2.45. The zero-order valence-corrected chi connectivity index (χ0v) is 4.50. The standard InChI is InChI=1S/C3H6NOP/c6-3-1-2-5-4-3/h1-2,6H2. The van der Waals surface area contributed by atoms with Crippen molar-refractivity contribution in [3.8, 4) is 0 Å². The van der Waals surface area contributed by atoms with E-state index in [1.807, 2.05) is 0 Å². The van der Waals surface area contributed by atoms with E-state index < -0.39 is 0 Å². The van der Waals surface area contributed by atoms with Crippen molar-refractivity contribution < 1.29 is 4.84 Å². The zero-order valence-electron chi connectivity index (χ0n) is 3.35. The number of hydrogen-bond acceptors (Lipinski definition) is 2. The maximum Gasteiger partial charge on any atom is 0.122 e. The molecule has 0 aromatic heterocycles. The smallest absolute Gasteiger partial charge is 0.122 e. The molecule has 0 saturated heterocycles. The van der Waals surface area contributed by atoms with Crippen molar-refractivity contribution in [3.63, 3.8) is 0 Å². The first kappa shape index (κ1) is 4.07. The molecule has 0 bridgehead atoms. The largest absolute Gasteiger partial charge is 0.395 e. The van der Waals surface area contributed by atoms with Crippen LogP contribution >= 0.6 is 9.24 Å². The Morgan fingerprint density at radius 3 is 2.83 bits per heavy atom. The molecular formula is C3H6NOP. The maximum atomic E-state index is 4.62. The van der Waals surface area contributed by atoms with Crippen LogP contribution in [0.2, 0.25) is 0 Å². The van der Waals surface area contributed by atoms with Crippen LogP contribution < -0.4 is 0 Å². The molecule has 0 aromatic rings. The molecule has 0 amide bonds. The molecule has 6 heavy (non-hydrogen) atoms. The highest BCUT2D eigenvalue weighted by atomic mass is 31.0. The van der Waals surface area contributed by atoms with E-state index in [2.05, 4.69) is 19.2 Å². The van der Waals surface area contributed by atoms with Crippen LogP contribution in [0.1, 0.15) is 6.42 Å². The van der Waals surface area contributed by atoms with Gasteiger partial charge in [0.25, 0.3) is 0 Å². The molecule has 0 radical (unpaired) electrons. The minimum absolute atomic E-state index is 0.763. The van der Waals surface area contributed by atoms with Gasteiger partial charge in [-0.25, -0.2) is 0 Å². The fourth-order valence-corrected chi connectivity index (χ4v) is 0.517. The van der Waals surface area contributed by atoms with Crippen molar-refractivity contribution in [2.45, 2.75) is 6.42 Å². The SMILES string of the molecule is PC1=NOCC1. The van der Waals surface area contributed by atoms with E-state index in [0.29, 0.717) is 0 Å². The van der Waals surface area contributed by atoms with Gasteiger partial charge in [0.2, 0.25) is 0 Å². The Labute approximate surface area is 38.8 Å². The molecule has 1 aliphatic rings. The first-order valence-electron chi connectivity index (χ1n) is 1.84. The molecule has 0 saturated carbocycles. The zero-order chi connectivity index (χ0) is 4.41. The summed E-state index contributed by atoms with van der Waals surface area (Å²) in [7, 11) is 2.50. The van der Waals surface area contributed by atoms with Crippen LogP contribution in [-0.2, 0) is 4.84 Å². The van der Waals surface area contributed by atoms with Crippen molar-refractivity contribution in [1.82, 2.24) is 0 Å². The van der Waals surface area contributed by atoms with Crippen LogP contribution in [0.4, 0.5) is 0 Å². The highest BCUT2D eigenvalue weighted by Crippen LogP contribution is 2.04. The first-order chi connectivity index (χ1) is 2.89. The summed E-state index contributed by atoms with van der Waals surface area (Å²) in [6.07, 6.45) is 0.977. The Morgan fingerprint density at radius 1 is 1.83 bits per heavy atom. The summed E-state index contributed by atoms with van der Waals surface area (Å²) in [5.41, 5.74) is 1.02. The summed E-state index contributed by atoms with van der Waals surface area (Å²) < 4.78 is 0. The topological polar surface area (TPSA) is 21.6 Å². The second-order valence-corrected chi connectivity index (χ2v) is 1.83. The van der Waals surface area contributed by atoms with Crippen molar-refractivity contribution in [3.05, 3.63) is 0 Å². The van der Waals surface area contributed by atoms with Crippen LogP contribution in [0.5, 0.6) is 0 Å². The summed E-state index contributed by atoms with van der Waals surface area (Å²) in [6.45, 7) is 0.763. The van der Waals surface area contributed by atoms with Gasteiger partial charge in [-0.3, -0.25) is 0 Å². The van der Waals surface area contributed by atoms with E-state index in [1.165, 1.54) is 0 Å². The number of hydrogen-bond donors (Lipinski definition) is 0. The van der Waals surface area contributed by atoms with Gasteiger partial charge in [0.15, 0.2) is 0 Å². The molecule has 1 aliphatic heterocycles. The molecule has 1 heterocycles. The normalized spacial score (nSPS) is 19.8. The Bertz CT molecular complexity index is 80.9. The van der Waals surface area contributed by atoms with Gasteiger partial charge in [-0.2, -0.15) is 0 Å². The lowest BCUT2D eigenvalue weighted by atomic mass is 10.5. The van der Waals surface area contributed by atoms with Crippen LogP contribution in [-0.4, -0.2) is 12.1 Å². The lowest BCUT2D eigenvalue weighted by molar-refractivity contribution is 0.174. The van der Waals surface area contributed by atoms with Crippen LogP contribution in [0, 0.1) is 0 Å². The summed E-state index contributed by atoms with van der Waals surface area (Å²) in [6, 6.07) is 0. The number of rotatable bonds is 0. The van der Waals surface area contributed by atoms with E-state index in [0.717, 1.165) is 18.5 Å². The van der Waals surface area contributed by atoms with Crippen LogP contribution in [0.25, 0.3) is 0 Å². The average molecular weight is 103 g/mol. The maximum absolute atomic E-state index is 4.62. The monoisotopic (exact) mass is 103 g/mol. The predicted octanol–water partition coefficient (Wildman–Crippen LogP) is 0.595. The average Bonchev–Trinajstić information content (AvgIpc) is 1.86. The third-order valence-corrected chi connectivity index (χ3v) is 1.03. The van der Waals surface area contributed by atoms with Gasteiger partial charge in [-0.05, 0) is 0 Å². The fourth-order valence-electron chi connectivity index (χ4n) is 0.324. The summed E-state index contributed by atoms with van der Waals surface area (Å²) in [4.78, 5) is 4.62. The number of nitrogens with zero attached hydrogens (tertiary/aromatic N) is 1. The minimum atomic E-state index is 0.763. The van der Waals surface area contributed by atoms with E-state index >= 15 is 0 Å². The van der Waals surface area contributed by atoms with Gasteiger partial charge in [-0.1, -0.05) is 14.4 Å². The highest BCUT2D eigenvalue weighted by Gasteiger charge is 1.98. The second kappa shape index (κ2) is 1.57. The molecule has 34 valence electrons. The van der Waals surface area contributed by atoms with Gasteiger partial charge < -0.3 is 4.84 Å². The predicted molar refractivity (Wildman–Crippen MR) is 27.7 cm³/mol. The Morgan fingerprint density at radius 2 is 2.67 bits per heavy atom. The van der Waals surface area contributed by atoms with Crippen molar-refractivity contribution in [2.24, 2.45) is 5.16 Å². The van der Waals surface area contributed by atoms with E-state index in [9.17, 15) is 0 Å². The molecule has 1 atom stereocenters. The highest BCUT2D eigenvalue weighted by molar-refractivity contribution is 7.40. The van der Waals surface area contributed by atoms with E-state index in [4.69, 9.17) is 0 Å². The molecule has 1 rings (SSSR count). The molecule has 0 aliphatic carbocycles. The third kappa shape index (κ3) is 0.689. The van der Waals surface area contributed by atoms with E-state index in [-0.39, 0.29) is 0 Å². The Hall–Kier alpha value is -0.100. The van der Waals surface area contributed by atoms with Gasteiger partial charge in [0.05, 0.1) is 5.45 Å². The molecule has 0 aromatic carbocycles. The number of oxime groups is 1. The van der Waals surface area contributed by atoms with E-state index in [1.54, 1.807) is 0 Å². The van der Waals surface area contributed by atoms with Gasteiger partial charge >= 0.3 is 0 Å². The molecular weight excluding hydrogens is 97.0 g/mol. The molecule has 2 nitrogen and oxygen atoms in total. The fraction of sp³-hybridized carbons (Fsp3) is 0.667. The van der Waals surface area contributed by atoms with Crippen molar-refractivity contribution in [1.29, 1.82) is 0 Å². The van der Waals surface area contributed by atoms with Crippen LogP contribution in [0.3, 0.4) is 0 Å². The molecule has 1 unspecified atom stereocenters. The lowest BCUT2D eigenvalue weighted by Crippen LogP contribution is -1.77. The molecule has 0 fully saturated rings. The quantitative estimate of drug-likeness (QED) is 0.411. The lowest BCUT2D eigenvalue weighted by Gasteiger charge is -1.75. The van der Waals surface area contributed by atoms with Gasteiger partial charge in [0.1, 0.15) is 6.61 Å². The van der Waals surface area contributed by atoms with Crippen molar-refractivity contribution in [2.75, 3.05) is 6.61 Å². The third-order valence-electron chi connectivity index (χ3n) is 0.631. The summed E-state index contributed by atoms with van der Waals surface area (Å²) >= 11 is 0. The summed E-state index contributed by atoms with van der Waals surface area (Å²) in [5, 5.41) is 3.62. The van der Waals surface area contributed by atoms with Gasteiger partial charge in [-0.15, -0.1) is 0 Å². The Kier molecular flexibility index (Phi) is 1.06. The minimum Gasteiger partial charge on any atom is -0.395 e. The van der Waals surface area contributed by atoms with Gasteiger partial charge in [0, 0.05) is 6.42 Å². The molecule has 0 spiro atoms. The molecule has 0 N–H and O–H groups in total. The summed E-state index contributed by atoms with van der Waals surface area (Å²) in [5.74, 6) is 0. The second-order valence-electron chi connectivity index (χ2n) is 1.17. The van der Waals surface area contributed by atoms with Crippen LogP contribution in [0.15, 0.2) is 5.16 Å². The van der Waals surface area contributed by atoms with Crippen molar-refractivity contribution >= 4 is 14.7 Å². The first-order valence-corrected chi connectivity index (χ1v) is 2.41. The molecule has 3 heteroatoms.